The van der Waals surface area contributed by atoms with E-state index >= 15 is 0 Å². The maximum absolute atomic E-state index is 12.9. The molecule has 0 bridgehead atoms. The molecule has 1 spiro atoms. The highest BCUT2D eigenvalue weighted by molar-refractivity contribution is 5.99. The van der Waals surface area contributed by atoms with Gasteiger partial charge >= 0.3 is 0 Å². The number of nitrogens with zero attached hydrogens (tertiary/aromatic N) is 1. The van der Waals surface area contributed by atoms with Gasteiger partial charge in [0.2, 0.25) is 0 Å². The molecule has 2 aliphatic rings. The van der Waals surface area contributed by atoms with E-state index in [1.165, 1.54) is 0 Å². The van der Waals surface area contributed by atoms with E-state index in [9.17, 15) is 9.59 Å². The van der Waals surface area contributed by atoms with E-state index in [1.54, 1.807) is 29.2 Å². The van der Waals surface area contributed by atoms with Crippen molar-refractivity contribution in [3.05, 3.63) is 70.8 Å². The molecular weight excluding hydrogens is 368 g/mol. The molecular formula is C23H26N2O4. The summed E-state index contributed by atoms with van der Waals surface area (Å²) < 4.78 is 11.4. The lowest BCUT2D eigenvalue weighted by molar-refractivity contribution is -0.181. The molecule has 2 saturated heterocycles. The quantitative estimate of drug-likeness (QED) is 0.866. The Labute approximate surface area is 170 Å². The van der Waals surface area contributed by atoms with Crippen molar-refractivity contribution in [2.75, 3.05) is 26.3 Å². The van der Waals surface area contributed by atoms with Crippen molar-refractivity contribution in [2.24, 2.45) is 0 Å². The third-order valence-electron chi connectivity index (χ3n) is 5.53. The van der Waals surface area contributed by atoms with E-state index in [1.807, 2.05) is 31.2 Å². The first-order valence-corrected chi connectivity index (χ1v) is 10.1. The summed E-state index contributed by atoms with van der Waals surface area (Å²) in [7, 11) is 0. The average molecular weight is 394 g/mol. The Balaban J connectivity index is 1.37. The van der Waals surface area contributed by atoms with Crippen LogP contribution < -0.4 is 5.32 Å². The molecule has 0 atom stereocenters. The van der Waals surface area contributed by atoms with Crippen LogP contribution in [-0.4, -0.2) is 48.8 Å². The largest absolute Gasteiger partial charge is 0.348 e. The Morgan fingerprint density at radius 1 is 1.00 bits per heavy atom. The van der Waals surface area contributed by atoms with Crippen molar-refractivity contribution < 1.29 is 19.1 Å². The van der Waals surface area contributed by atoms with Gasteiger partial charge in [-0.15, -0.1) is 0 Å². The van der Waals surface area contributed by atoms with Gasteiger partial charge in [-0.1, -0.05) is 35.9 Å². The molecule has 4 rings (SSSR count). The van der Waals surface area contributed by atoms with Crippen molar-refractivity contribution in [1.82, 2.24) is 10.2 Å². The molecule has 2 heterocycles. The molecule has 0 saturated carbocycles. The maximum Gasteiger partial charge on any atom is 0.253 e. The first kappa shape index (κ1) is 19.6. The number of hydrogen-bond acceptors (Lipinski definition) is 4. The molecule has 152 valence electrons. The zero-order valence-electron chi connectivity index (χ0n) is 16.6. The van der Waals surface area contributed by atoms with E-state index in [-0.39, 0.29) is 11.8 Å². The number of carbonyl (C=O) groups is 2. The minimum Gasteiger partial charge on any atom is -0.348 e. The second-order valence-electron chi connectivity index (χ2n) is 7.65. The van der Waals surface area contributed by atoms with Gasteiger partial charge in [0.15, 0.2) is 5.79 Å². The highest BCUT2D eigenvalue weighted by atomic mass is 16.7. The van der Waals surface area contributed by atoms with Gasteiger partial charge in [-0.05, 0) is 30.7 Å². The van der Waals surface area contributed by atoms with Gasteiger partial charge in [-0.25, -0.2) is 0 Å². The summed E-state index contributed by atoms with van der Waals surface area (Å²) in [5.41, 5.74) is 3.21. The van der Waals surface area contributed by atoms with Crippen LogP contribution in [0.1, 0.15) is 44.7 Å². The normalized spacial score (nSPS) is 18.0. The molecule has 29 heavy (non-hydrogen) atoms. The Kier molecular flexibility index (Phi) is 5.65. The van der Waals surface area contributed by atoms with Gasteiger partial charge in [0.25, 0.3) is 11.8 Å². The molecule has 6 nitrogen and oxygen atoms in total. The van der Waals surface area contributed by atoms with E-state index in [2.05, 4.69) is 5.32 Å². The zero-order chi connectivity index (χ0) is 20.3. The molecule has 0 aromatic heterocycles. The fourth-order valence-electron chi connectivity index (χ4n) is 3.92. The average Bonchev–Trinajstić information content (AvgIpc) is 3.20. The second kappa shape index (κ2) is 8.35. The van der Waals surface area contributed by atoms with Crippen LogP contribution >= 0.6 is 0 Å². The third-order valence-corrected chi connectivity index (χ3v) is 5.53. The topological polar surface area (TPSA) is 67.9 Å². The number of piperidine rings is 1. The van der Waals surface area contributed by atoms with Crippen molar-refractivity contribution in [3.8, 4) is 0 Å². The highest BCUT2D eigenvalue weighted by Gasteiger charge is 2.40. The molecule has 2 aliphatic heterocycles. The summed E-state index contributed by atoms with van der Waals surface area (Å²) in [5.74, 6) is -0.758. The van der Waals surface area contributed by atoms with E-state index in [4.69, 9.17) is 9.47 Å². The molecule has 1 N–H and O–H groups in total. The fraction of sp³-hybridized carbons (Fsp3) is 0.391. The molecule has 0 aliphatic carbocycles. The minimum atomic E-state index is -0.506. The molecule has 0 unspecified atom stereocenters. The van der Waals surface area contributed by atoms with Crippen molar-refractivity contribution in [1.29, 1.82) is 0 Å². The van der Waals surface area contributed by atoms with E-state index < -0.39 is 5.79 Å². The van der Waals surface area contributed by atoms with Crippen LogP contribution in [-0.2, 0) is 16.0 Å². The Hall–Kier alpha value is -2.70. The van der Waals surface area contributed by atoms with Crippen molar-refractivity contribution in [2.45, 2.75) is 32.1 Å². The monoisotopic (exact) mass is 394 g/mol. The Bertz CT molecular complexity index is 895. The molecule has 2 aromatic carbocycles. The minimum absolute atomic E-state index is 0.0637. The van der Waals surface area contributed by atoms with Crippen LogP contribution in [0.5, 0.6) is 0 Å². The summed E-state index contributed by atoms with van der Waals surface area (Å²) >= 11 is 0. The number of aryl methyl sites for hydroxylation is 1. The van der Waals surface area contributed by atoms with Gasteiger partial charge in [-0.3, -0.25) is 9.59 Å². The van der Waals surface area contributed by atoms with Crippen molar-refractivity contribution >= 4 is 11.8 Å². The number of nitrogens with one attached hydrogen (secondary N) is 1. The number of ether oxygens (including phenoxy) is 2. The number of rotatable bonds is 4. The lowest BCUT2D eigenvalue weighted by Crippen LogP contribution is -2.47. The standard InChI is InChI=1S/C23H26N2O4/c1-17-4-2-5-18(14-17)16-24-21(26)19-6-3-7-20(15-19)22(27)25-10-8-23(9-11-25)28-12-13-29-23/h2-7,14-15H,8-13,16H2,1H3,(H,24,26). The lowest BCUT2D eigenvalue weighted by atomic mass is 10.0. The molecule has 6 heteroatoms. The van der Waals surface area contributed by atoms with Crippen LogP contribution in [0.4, 0.5) is 0 Å². The predicted octanol–water partition coefficient (Wildman–Crippen LogP) is 2.90. The lowest BCUT2D eigenvalue weighted by Gasteiger charge is -2.37. The maximum atomic E-state index is 12.9. The first-order valence-electron chi connectivity index (χ1n) is 10.1. The van der Waals surface area contributed by atoms with Gasteiger partial charge in [0.1, 0.15) is 0 Å². The van der Waals surface area contributed by atoms with Crippen molar-refractivity contribution in [3.63, 3.8) is 0 Å². The van der Waals surface area contributed by atoms with Crippen LogP contribution in [0.3, 0.4) is 0 Å². The highest BCUT2D eigenvalue weighted by Crippen LogP contribution is 2.31. The van der Waals surface area contributed by atoms with E-state index in [0.29, 0.717) is 56.8 Å². The Morgan fingerprint density at radius 2 is 1.69 bits per heavy atom. The Morgan fingerprint density at radius 3 is 2.41 bits per heavy atom. The number of hydrogen-bond donors (Lipinski definition) is 1. The summed E-state index contributed by atoms with van der Waals surface area (Å²) in [6, 6.07) is 14.9. The van der Waals surface area contributed by atoms with Gasteiger partial charge < -0.3 is 19.7 Å². The number of carbonyl (C=O) groups excluding carboxylic acids is 2. The third kappa shape index (κ3) is 4.49. The van der Waals surface area contributed by atoms with Crippen LogP contribution in [0, 0.1) is 6.92 Å². The van der Waals surface area contributed by atoms with E-state index in [0.717, 1.165) is 11.1 Å². The summed E-state index contributed by atoms with van der Waals surface area (Å²) in [6.45, 7) is 4.88. The molecule has 2 amide bonds. The van der Waals surface area contributed by atoms with Gasteiger partial charge in [0, 0.05) is 43.6 Å². The SMILES string of the molecule is Cc1cccc(CNC(=O)c2cccc(C(=O)N3CCC4(CC3)OCCO4)c2)c1. The van der Waals surface area contributed by atoms with Crippen LogP contribution in [0.2, 0.25) is 0 Å². The van der Waals surface area contributed by atoms with Gasteiger partial charge in [-0.2, -0.15) is 0 Å². The number of amides is 2. The fourth-order valence-corrected chi connectivity index (χ4v) is 3.92. The van der Waals surface area contributed by atoms with Crippen LogP contribution in [0.25, 0.3) is 0 Å². The number of benzene rings is 2. The smallest absolute Gasteiger partial charge is 0.253 e. The molecule has 0 radical (unpaired) electrons. The van der Waals surface area contributed by atoms with Gasteiger partial charge in [0.05, 0.1) is 13.2 Å². The second-order valence-corrected chi connectivity index (χ2v) is 7.65. The van der Waals surface area contributed by atoms with Crippen LogP contribution in [0.15, 0.2) is 48.5 Å². The summed E-state index contributed by atoms with van der Waals surface area (Å²) in [5, 5.41) is 2.92. The number of likely N-dealkylation sites (tertiary alicyclic amines) is 1. The molecule has 2 fully saturated rings. The zero-order valence-corrected chi connectivity index (χ0v) is 16.6. The predicted molar refractivity (Wildman–Crippen MR) is 109 cm³/mol. The summed E-state index contributed by atoms with van der Waals surface area (Å²) in [4.78, 5) is 27.3. The summed E-state index contributed by atoms with van der Waals surface area (Å²) in [6.07, 6.45) is 1.35. The first-order chi connectivity index (χ1) is 14.0. The molecule has 2 aromatic rings.